The third-order valence-electron chi connectivity index (χ3n) is 4.33. The summed E-state index contributed by atoms with van der Waals surface area (Å²) in [5.74, 6) is 0.302. The summed E-state index contributed by atoms with van der Waals surface area (Å²) in [4.78, 5) is 26.3. The normalized spacial score (nSPS) is 15.9. The van der Waals surface area contributed by atoms with Gasteiger partial charge in [-0.05, 0) is 30.9 Å². The summed E-state index contributed by atoms with van der Waals surface area (Å²) in [6.07, 6.45) is 2.40. The Bertz CT molecular complexity index is 532. The highest BCUT2D eigenvalue weighted by molar-refractivity contribution is 5.93. The van der Waals surface area contributed by atoms with Crippen molar-refractivity contribution >= 4 is 17.5 Å². The molecule has 1 aromatic rings. The van der Waals surface area contributed by atoms with E-state index in [-0.39, 0.29) is 23.7 Å². The highest BCUT2D eigenvalue weighted by Crippen LogP contribution is 2.22. The van der Waals surface area contributed by atoms with Crippen LogP contribution in [0.25, 0.3) is 0 Å². The molecule has 1 aliphatic heterocycles. The van der Waals surface area contributed by atoms with Crippen LogP contribution in [0.2, 0.25) is 0 Å². The number of amides is 2. The van der Waals surface area contributed by atoms with Gasteiger partial charge in [-0.1, -0.05) is 39.0 Å². The fourth-order valence-electron chi connectivity index (χ4n) is 2.91. The number of aryl methyl sites for hydroxylation is 1. The molecule has 1 aromatic carbocycles. The van der Waals surface area contributed by atoms with Crippen molar-refractivity contribution in [1.29, 1.82) is 0 Å². The van der Waals surface area contributed by atoms with Crippen molar-refractivity contribution < 1.29 is 9.59 Å². The maximum absolute atomic E-state index is 12.4. The first-order valence-corrected chi connectivity index (χ1v) is 8.20. The Morgan fingerprint density at radius 2 is 1.86 bits per heavy atom. The van der Waals surface area contributed by atoms with E-state index < -0.39 is 0 Å². The standard InChI is InChI=1S/C18H26N2O2/c1-4-14-7-5-6-8-16(14)19-17(21)15-9-11-20(12-10-15)18(22)13(2)3/h5-8,13,15H,4,9-12H2,1-3H3,(H,19,21). The summed E-state index contributed by atoms with van der Waals surface area (Å²) in [5, 5.41) is 3.06. The minimum absolute atomic E-state index is 0.00104. The number of rotatable bonds is 4. The summed E-state index contributed by atoms with van der Waals surface area (Å²) >= 11 is 0. The number of para-hydroxylation sites is 1. The van der Waals surface area contributed by atoms with Crippen LogP contribution in [-0.2, 0) is 16.0 Å². The molecular formula is C18H26N2O2. The number of nitrogens with zero attached hydrogens (tertiary/aromatic N) is 1. The molecule has 0 aromatic heterocycles. The molecule has 0 atom stereocenters. The highest BCUT2D eigenvalue weighted by atomic mass is 16.2. The molecule has 0 unspecified atom stereocenters. The SMILES string of the molecule is CCc1ccccc1NC(=O)C1CCN(C(=O)C(C)C)CC1. The Kier molecular flexibility index (Phi) is 5.58. The average Bonchev–Trinajstić information content (AvgIpc) is 2.54. The van der Waals surface area contributed by atoms with Crippen molar-refractivity contribution in [3.05, 3.63) is 29.8 Å². The number of benzene rings is 1. The molecule has 22 heavy (non-hydrogen) atoms. The molecule has 4 heteroatoms. The maximum Gasteiger partial charge on any atom is 0.227 e. The fraction of sp³-hybridized carbons (Fsp3) is 0.556. The van der Waals surface area contributed by atoms with Crippen LogP contribution in [0, 0.1) is 11.8 Å². The molecule has 1 heterocycles. The maximum atomic E-state index is 12.4. The predicted octanol–water partition coefficient (Wildman–Crippen LogP) is 3.08. The number of nitrogens with one attached hydrogen (secondary N) is 1. The molecule has 0 bridgehead atoms. The smallest absolute Gasteiger partial charge is 0.227 e. The lowest BCUT2D eigenvalue weighted by Crippen LogP contribution is -2.43. The molecule has 0 aliphatic carbocycles. The van der Waals surface area contributed by atoms with E-state index >= 15 is 0 Å². The first-order chi connectivity index (χ1) is 10.5. The molecule has 2 amide bonds. The molecular weight excluding hydrogens is 276 g/mol. The summed E-state index contributed by atoms with van der Waals surface area (Å²) in [6.45, 7) is 7.29. The topological polar surface area (TPSA) is 49.4 Å². The van der Waals surface area contributed by atoms with Crippen LogP contribution < -0.4 is 5.32 Å². The van der Waals surface area contributed by atoms with Crippen LogP contribution in [0.5, 0.6) is 0 Å². The summed E-state index contributed by atoms with van der Waals surface area (Å²) in [7, 11) is 0. The van der Waals surface area contributed by atoms with Gasteiger partial charge in [-0.2, -0.15) is 0 Å². The van der Waals surface area contributed by atoms with Gasteiger partial charge in [-0.25, -0.2) is 0 Å². The van der Waals surface area contributed by atoms with E-state index in [9.17, 15) is 9.59 Å². The number of hydrogen-bond donors (Lipinski definition) is 1. The van der Waals surface area contributed by atoms with E-state index in [2.05, 4.69) is 12.2 Å². The molecule has 4 nitrogen and oxygen atoms in total. The van der Waals surface area contributed by atoms with Crippen molar-refractivity contribution in [3.63, 3.8) is 0 Å². The van der Waals surface area contributed by atoms with Crippen molar-refractivity contribution in [2.24, 2.45) is 11.8 Å². The lowest BCUT2D eigenvalue weighted by atomic mass is 9.95. The predicted molar refractivity (Wildman–Crippen MR) is 88.6 cm³/mol. The highest BCUT2D eigenvalue weighted by Gasteiger charge is 2.28. The van der Waals surface area contributed by atoms with Gasteiger partial charge in [0.2, 0.25) is 11.8 Å². The van der Waals surface area contributed by atoms with Gasteiger partial charge in [0.25, 0.3) is 0 Å². The van der Waals surface area contributed by atoms with E-state index in [0.29, 0.717) is 13.1 Å². The van der Waals surface area contributed by atoms with E-state index in [4.69, 9.17) is 0 Å². The van der Waals surface area contributed by atoms with Gasteiger partial charge in [0, 0.05) is 30.6 Å². The van der Waals surface area contributed by atoms with Crippen molar-refractivity contribution in [1.82, 2.24) is 4.90 Å². The van der Waals surface area contributed by atoms with Gasteiger partial charge >= 0.3 is 0 Å². The Hall–Kier alpha value is -1.84. The fourth-order valence-corrected chi connectivity index (χ4v) is 2.91. The molecule has 1 N–H and O–H groups in total. The molecule has 2 rings (SSSR count). The molecule has 1 saturated heterocycles. The van der Waals surface area contributed by atoms with E-state index in [1.165, 1.54) is 0 Å². The van der Waals surface area contributed by atoms with Crippen LogP contribution in [0.1, 0.15) is 39.2 Å². The lowest BCUT2D eigenvalue weighted by molar-refractivity contribution is -0.137. The van der Waals surface area contributed by atoms with Crippen LogP contribution >= 0.6 is 0 Å². The molecule has 0 saturated carbocycles. The first-order valence-electron chi connectivity index (χ1n) is 8.20. The summed E-state index contributed by atoms with van der Waals surface area (Å²) in [6, 6.07) is 7.93. The Balaban J connectivity index is 1.91. The van der Waals surface area contributed by atoms with Gasteiger partial charge in [0.05, 0.1) is 0 Å². The van der Waals surface area contributed by atoms with E-state index in [1.807, 2.05) is 43.0 Å². The van der Waals surface area contributed by atoms with Gasteiger partial charge in [-0.3, -0.25) is 9.59 Å². The lowest BCUT2D eigenvalue weighted by Gasteiger charge is -2.32. The van der Waals surface area contributed by atoms with Crippen molar-refractivity contribution in [2.45, 2.75) is 40.0 Å². The van der Waals surface area contributed by atoms with Crippen LogP contribution in [0.15, 0.2) is 24.3 Å². The molecule has 1 fully saturated rings. The average molecular weight is 302 g/mol. The first kappa shape index (κ1) is 16.5. The monoisotopic (exact) mass is 302 g/mol. The minimum Gasteiger partial charge on any atom is -0.342 e. The van der Waals surface area contributed by atoms with Crippen molar-refractivity contribution in [3.8, 4) is 0 Å². The minimum atomic E-state index is 0.00104. The second-order valence-electron chi connectivity index (χ2n) is 6.25. The van der Waals surface area contributed by atoms with Crippen LogP contribution in [0.3, 0.4) is 0 Å². The zero-order valence-corrected chi connectivity index (χ0v) is 13.8. The zero-order valence-electron chi connectivity index (χ0n) is 13.8. The number of anilines is 1. The number of carbonyl (C=O) groups excluding carboxylic acids is 2. The number of piperidine rings is 1. The second kappa shape index (κ2) is 7.43. The number of carbonyl (C=O) groups is 2. The van der Waals surface area contributed by atoms with Gasteiger partial charge < -0.3 is 10.2 Å². The Labute approximate surface area is 132 Å². The van der Waals surface area contributed by atoms with Crippen molar-refractivity contribution in [2.75, 3.05) is 18.4 Å². The quantitative estimate of drug-likeness (QED) is 0.929. The Morgan fingerprint density at radius 3 is 2.45 bits per heavy atom. The Morgan fingerprint density at radius 1 is 1.23 bits per heavy atom. The van der Waals surface area contributed by atoms with E-state index in [0.717, 1.165) is 30.5 Å². The number of likely N-dealkylation sites (tertiary alicyclic amines) is 1. The second-order valence-corrected chi connectivity index (χ2v) is 6.25. The molecule has 0 spiro atoms. The summed E-state index contributed by atoms with van der Waals surface area (Å²) < 4.78 is 0. The molecule has 120 valence electrons. The van der Waals surface area contributed by atoms with E-state index in [1.54, 1.807) is 0 Å². The van der Waals surface area contributed by atoms with Gasteiger partial charge in [0.1, 0.15) is 0 Å². The number of hydrogen-bond acceptors (Lipinski definition) is 2. The zero-order chi connectivity index (χ0) is 16.1. The third kappa shape index (κ3) is 3.87. The van der Waals surface area contributed by atoms with Gasteiger partial charge in [-0.15, -0.1) is 0 Å². The van der Waals surface area contributed by atoms with Gasteiger partial charge in [0.15, 0.2) is 0 Å². The summed E-state index contributed by atoms with van der Waals surface area (Å²) in [5.41, 5.74) is 2.07. The van der Waals surface area contributed by atoms with Crippen LogP contribution in [-0.4, -0.2) is 29.8 Å². The largest absolute Gasteiger partial charge is 0.342 e. The van der Waals surface area contributed by atoms with Crippen LogP contribution in [0.4, 0.5) is 5.69 Å². The molecule has 1 aliphatic rings. The third-order valence-corrected chi connectivity index (χ3v) is 4.33. The molecule has 0 radical (unpaired) electrons.